The number of ketones is 1. The van der Waals surface area contributed by atoms with Crippen LogP contribution in [0, 0.1) is 47.3 Å². The van der Waals surface area contributed by atoms with Gasteiger partial charge < -0.3 is 10.6 Å². The largest absolute Gasteiger partial charge is 0.380 e. The third-order valence-electron chi connectivity index (χ3n) is 11.2. The second kappa shape index (κ2) is 29.8. The zero-order valence-electron chi connectivity index (χ0n) is 38.0. The van der Waals surface area contributed by atoms with Gasteiger partial charge in [0.2, 0.25) is 0 Å². The Balaban J connectivity index is 0. The molecule has 0 amide bonds. The first kappa shape index (κ1) is 52.6. The predicted molar refractivity (Wildman–Crippen MR) is 240 cm³/mol. The minimum Gasteiger partial charge on any atom is -0.380 e. The number of Topliss-reactive ketones (excluding diaryl/α,β-unsaturated/α-hetero) is 1. The first-order chi connectivity index (χ1) is 24.7. The van der Waals surface area contributed by atoms with Crippen LogP contribution >= 0.6 is 0 Å². The lowest BCUT2D eigenvalue weighted by atomic mass is 9.81. The lowest BCUT2D eigenvalue weighted by Gasteiger charge is -2.30. The van der Waals surface area contributed by atoms with Gasteiger partial charge in [0, 0.05) is 11.4 Å². The molecule has 1 aliphatic carbocycles. The Kier molecular flexibility index (Phi) is 29.5. The maximum absolute atomic E-state index is 11.8. The predicted octanol–water partition coefficient (Wildman–Crippen LogP) is 14.6. The number of allylic oxidation sites excluding steroid dienone is 3. The fraction of sp³-hybridized carbons (Fsp3) is 0.700. The summed E-state index contributed by atoms with van der Waals surface area (Å²) in [7, 11) is 0. The molecule has 0 aromatic heterocycles. The van der Waals surface area contributed by atoms with Gasteiger partial charge in [-0.1, -0.05) is 183 Å². The summed E-state index contributed by atoms with van der Waals surface area (Å²) in [6, 6.07) is 10.4. The second-order valence-corrected chi connectivity index (χ2v) is 17.7. The van der Waals surface area contributed by atoms with Crippen LogP contribution in [0.25, 0.3) is 0 Å². The van der Waals surface area contributed by atoms with Crippen molar-refractivity contribution in [3.63, 3.8) is 0 Å². The zero-order chi connectivity index (χ0) is 41.3. The third kappa shape index (κ3) is 26.0. The number of hydrogen-bond acceptors (Lipinski definition) is 3. The van der Waals surface area contributed by atoms with E-state index in [2.05, 4.69) is 158 Å². The van der Waals surface area contributed by atoms with E-state index in [1.165, 1.54) is 55.2 Å². The van der Waals surface area contributed by atoms with Crippen molar-refractivity contribution in [3.8, 4) is 0 Å². The fourth-order valence-corrected chi connectivity index (χ4v) is 6.73. The van der Waals surface area contributed by atoms with Gasteiger partial charge in [0.25, 0.3) is 0 Å². The van der Waals surface area contributed by atoms with Crippen LogP contribution in [0.15, 0.2) is 79.2 Å². The van der Waals surface area contributed by atoms with E-state index in [0.29, 0.717) is 17.8 Å². The Bertz CT molecular complexity index is 1140. The summed E-state index contributed by atoms with van der Waals surface area (Å²) in [5.41, 5.74) is 6.04. The molecule has 1 fully saturated rings. The van der Waals surface area contributed by atoms with Crippen molar-refractivity contribution in [1.82, 2.24) is 10.6 Å². The lowest BCUT2D eigenvalue weighted by Crippen LogP contribution is -2.44. The van der Waals surface area contributed by atoms with E-state index in [1.54, 1.807) is 6.92 Å². The maximum Gasteiger partial charge on any atom is 0.151 e. The minimum absolute atomic E-state index is 0.114. The molecule has 0 radical (unpaired) electrons. The molecule has 1 aliphatic rings. The van der Waals surface area contributed by atoms with E-state index in [4.69, 9.17) is 0 Å². The third-order valence-corrected chi connectivity index (χ3v) is 11.2. The highest BCUT2D eigenvalue weighted by molar-refractivity contribution is 5.81. The number of benzene rings is 1. The van der Waals surface area contributed by atoms with E-state index < -0.39 is 0 Å². The van der Waals surface area contributed by atoms with Crippen molar-refractivity contribution in [3.05, 3.63) is 84.8 Å². The maximum atomic E-state index is 11.8. The molecule has 306 valence electrons. The number of aryl methyl sites for hydroxylation is 1. The van der Waals surface area contributed by atoms with Gasteiger partial charge in [-0.05, 0) is 106 Å². The smallest absolute Gasteiger partial charge is 0.151 e. The van der Waals surface area contributed by atoms with Crippen molar-refractivity contribution >= 4 is 5.78 Å². The Hall–Kier alpha value is -2.55. The quantitative estimate of drug-likeness (QED) is 0.131. The number of hydrogen-bond donors (Lipinski definition) is 2. The van der Waals surface area contributed by atoms with Crippen LogP contribution in [0.5, 0.6) is 0 Å². The van der Waals surface area contributed by atoms with Crippen molar-refractivity contribution in [2.45, 2.75) is 180 Å². The highest BCUT2D eigenvalue weighted by atomic mass is 16.1. The van der Waals surface area contributed by atoms with Crippen LogP contribution < -0.4 is 10.6 Å². The summed E-state index contributed by atoms with van der Waals surface area (Å²) in [6.07, 6.45) is 12.1. The zero-order valence-corrected chi connectivity index (χ0v) is 38.0. The number of nitrogens with one attached hydrogen (secondary N) is 2. The summed E-state index contributed by atoms with van der Waals surface area (Å²) in [5, 5.41) is 6.91. The molecule has 0 bridgehead atoms. The van der Waals surface area contributed by atoms with Crippen molar-refractivity contribution in [2.24, 2.45) is 47.3 Å². The minimum atomic E-state index is -0.126. The van der Waals surface area contributed by atoms with E-state index >= 15 is 0 Å². The van der Waals surface area contributed by atoms with Crippen LogP contribution in [0.1, 0.15) is 167 Å². The summed E-state index contributed by atoms with van der Waals surface area (Å²) in [4.78, 5) is 11.8. The number of rotatable bonds is 20. The highest BCUT2D eigenvalue weighted by Crippen LogP contribution is 2.30. The fourth-order valence-electron chi connectivity index (χ4n) is 6.73. The monoisotopic (exact) mass is 735 g/mol. The highest BCUT2D eigenvalue weighted by Gasteiger charge is 2.23. The molecule has 0 heterocycles. The summed E-state index contributed by atoms with van der Waals surface area (Å²) >= 11 is 0. The molecule has 0 spiro atoms. The van der Waals surface area contributed by atoms with Crippen molar-refractivity contribution in [2.75, 3.05) is 0 Å². The molecule has 1 aromatic rings. The van der Waals surface area contributed by atoms with E-state index in [0.717, 1.165) is 66.7 Å². The summed E-state index contributed by atoms with van der Waals surface area (Å²) < 4.78 is 0. The molecule has 1 saturated carbocycles. The molecule has 0 saturated heterocycles. The van der Waals surface area contributed by atoms with E-state index in [1.807, 2.05) is 6.07 Å². The Morgan fingerprint density at radius 3 is 1.62 bits per heavy atom. The Labute approximate surface area is 332 Å². The second-order valence-electron chi connectivity index (χ2n) is 17.7. The molecule has 3 heteroatoms. The van der Waals surface area contributed by atoms with Gasteiger partial charge in [-0.2, -0.15) is 0 Å². The molecule has 0 aliphatic heterocycles. The van der Waals surface area contributed by atoms with E-state index in [-0.39, 0.29) is 17.9 Å². The molecule has 1 aromatic carbocycles. The first-order valence-corrected chi connectivity index (χ1v) is 21.4. The Morgan fingerprint density at radius 2 is 1.26 bits per heavy atom. The van der Waals surface area contributed by atoms with Crippen LogP contribution in [-0.2, 0) is 11.2 Å². The molecule has 3 nitrogen and oxygen atoms in total. The number of carbonyl (C=O) groups is 1. The van der Waals surface area contributed by atoms with Crippen LogP contribution in [0.3, 0.4) is 0 Å². The van der Waals surface area contributed by atoms with Gasteiger partial charge >= 0.3 is 0 Å². The first-order valence-electron chi connectivity index (χ1n) is 21.4. The van der Waals surface area contributed by atoms with Crippen LogP contribution in [0.4, 0.5) is 0 Å². The normalized spacial score (nSPS) is 16.0. The molecule has 2 rings (SSSR count). The van der Waals surface area contributed by atoms with Gasteiger partial charge in [-0.15, -0.1) is 0 Å². The molecule has 6 atom stereocenters. The molecule has 53 heavy (non-hydrogen) atoms. The lowest BCUT2D eigenvalue weighted by molar-refractivity contribution is -0.119. The van der Waals surface area contributed by atoms with Crippen molar-refractivity contribution in [1.29, 1.82) is 0 Å². The molecular weight excluding hydrogens is 645 g/mol. The van der Waals surface area contributed by atoms with Gasteiger partial charge in [0.15, 0.2) is 5.78 Å². The number of carbonyl (C=O) groups excluding carboxylic acids is 1. The van der Waals surface area contributed by atoms with Gasteiger partial charge in [0.1, 0.15) is 0 Å². The van der Waals surface area contributed by atoms with Crippen molar-refractivity contribution < 1.29 is 4.79 Å². The summed E-state index contributed by atoms with van der Waals surface area (Å²) in [5.74, 6) is 5.95. The SMILES string of the molecule is C=C(C)C(C)CC(C)[C@@H](C)CC(C)C.C=C(C)[C@@H](C)C(C)C.C=C(CC1CCCC1)N[C@H](C(=C)NC(CCC)C(C)=O)C(C)C.CCc1ccccc1. The van der Waals surface area contributed by atoms with Crippen LogP contribution in [-0.4, -0.2) is 17.9 Å². The molecule has 3 unspecified atom stereocenters. The average Bonchev–Trinajstić information content (AvgIpc) is 3.60. The molecule has 2 N–H and O–H groups in total. The van der Waals surface area contributed by atoms with Gasteiger partial charge in [-0.3, -0.25) is 4.79 Å². The standard InChI is InChI=1S/C20H36N2O.C14H28.C8H10.C8H16/c1-7-10-19(17(6)23)22-16(5)20(14(2)3)21-15(4)13-18-11-8-9-12-18;1-10(2)8-13(6)14(7)9-12(5)11(3)4;1-2-8-6-4-3-5-7-8;1-6(2)8(5)7(3)4/h14,18-22H,4-5,7-13H2,1-3,6H3;10,12-14H,3,8-9H2,1-2,4-7H3;3-7H,2H2,1H3;7-8H,1H2,2-5H3/t19?,20-;12?,13-,14?;;8-/m00.1/s1. The molecular formula is C50H90N2O. The van der Waals surface area contributed by atoms with Gasteiger partial charge in [-0.25, -0.2) is 0 Å². The van der Waals surface area contributed by atoms with E-state index in [9.17, 15) is 4.79 Å². The summed E-state index contributed by atoms with van der Waals surface area (Å²) in [6.45, 7) is 49.2. The Morgan fingerprint density at radius 1 is 0.736 bits per heavy atom. The van der Waals surface area contributed by atoms with Crippen LogP contribution in [0.2, 0.25) is 0 Å². The van der Waals surface area contributed by atoms with Gasteiger partial charge in [0.05, 0.1) is 12.1 Å². The topological polar surface area (TPSA) is 41.1 Å². The average molecular weight is 735 g/mol.